The molecule has 12 atom stereocenters. The van der Waals surface area contributed by atoms with Crippen molar-refractivity contribution in [2.45, 2.75) is 331 Å². The molecule has 0 bridgehead atoms. The van der Waals surface area contributed by atoms with Crippen molar-refractivity contribution in [1.82, 2.24) is 5.32 Å². The summed E-state index contributed by atoms with van der Waals surface area (Å²) in [7, 11) is 0. The third-order valence-corrected chi connectivity index (χ3v) is 15.3. The Morgan fingerprint density at radius 1 is 0.474 bits per heavy atom. The van der Waals surface area contributed by atoms with Crippen LogP contribution >= 0.6 is 0 Å². The van der Waals surface area contributed by atoms with Gasteiger partial charge < -0.3 is 65.1 Å². The molecular weight excluding hydrogens is 967 g/mol. The molecule has 0 aromatic carbocycles. The van der Waals surface area contributed by atoms with Crippen LogP contribution in [-0.4, -0.2) is 140 Å². The van der Waals surface area contributed by atoms with Crippen LogP contribution in [0.3, 0.4) is 0 Å². The number of nitrogens with one attached hydrogen (secondary N) is 1. The molecule has 2 rings (SSSR count). The van der Waals surface area contributed by atoms with Gasteiger partial charge in [0, 0.05) is 6.42 Å². The predicted octanol–water partition coefficient (Wildman–Crippen LogP) is 11.0. The van der Waals surface area contributed by atoms with E-state index in [1.807, 2.05) is 6.08 Å². The SMILES string of the molecule is CCCCC/C=C\C/C=C\CCCCCCCC(=O)NC(COC1OC(CO)C(OC2OC(CO)C(O)C(O)C2O)C(O)C1O)C(O)/C=C/CCCCCCCCCCCCCCCCCCCCCCCCCCC. The molecule has 2 heterocycles. The Morgan fingerprint density at radius 3 is 1.34 bits per heavy atom. The average Bonchev–Trinajstić information content (AvgIpc) is 3.42. The highest BCUT2D eigenvalue weighted by Gasteiger charge is 2.51. The van der Waals surface area contributed by atoms with Gasteiger partial charge in [0.25, 0.3) is 0 Å². The topological polar surface area (TPSA) is 228 Å². The van der Waals surface area contributed by atoms with E-state index >= 15 is 0 Å². The zero-order valence-corrected chi connectivity index (χ0v) is 48.0. The van der Waals surface area contributed by atoms with Crippen LogP contribution in [0.25, 0.3) is 0 Å². The number of carbonyl (C=O) groups is 1. The number of amides is 1. The second-order valence-electron chi connectivity index (χ2n) is 22.2. The first-order chi connectivity index (χ1) is 37.1. The molecule has 1 amide bonds. The molecular formula is C62H115NO13. The smallest absolute Gasteiger partial charge is 0.220 e. The number of ether oxygens (including phenoxy) is 4. The Balaban J connectivity index is 1.72. The molecule has 2 saturated heterocycles. The van der Waals surface area contributed by atoms with Crippen molar-refractivity contribution in [2.75, 3.05) is 19.8 Å². The number of allylic oxidation sites excluding steroid dienone is 5. The van der Waals surface area contributed by atoms with Gasteiger partial charge in [-0.05, 0) is 51.4 Å². The summed E-state index contributed by atoms with van der Waals surface area (Å²) in [4.78, 5) is 13.2. The van der Waals surface area contributed by atoms with Gasteiger partial charge in [-0.2, -0.15) is 0 Å². The quantitative estimate of drug-likeness (QED) is 0.0204. The van der Waals surface area contributed by atoms with Crippen LogP contribution in [0.1, 0.15) is 258 Å². The number of aliphatic hydroxyl groups excluding tert-OH is 8. The fourth-order valence-corrected chi connectivity index (χ4v) is 10.3. The van der Waals surface area contributed by atoms with E-state index < -0.39 is 86.8 Å². The minimum absolute atomic E-state index is 0.252. The normalized spacial score (nSPS) is 25.1. The Kier molecular flexibility index (Phi) is 44.4. The number of rotatable bonds is 50. The van der Waals surface area contributed by atoms with E-state index in [0.717, 1.165) is 64.2 Å². The van der Waals surface area contributed by atoms with E-state index in [2.05, 4.69) is 43.5 Å². The molecule has 14 heteroatoms. The van der Waals surface area contributed by atoms with Crippen molar-refractivity contribution < 1.29 is 64.6 Å². The highest BCUT2D eigenvalue weighted by molar-refractivity contribution is 5.76. The lowest BCUT2D eigenvalue weighted by Gasteiger charge is -2.46. The molecule has 9 N–H and O–H groups in total. The summed E-state index contributed by atoms with van der Waals surface area (Å²) in [5, 5.41) is 87.1. The summed E-state index contributed by atoms with van der Waals surface area (Å²) in [6, 6.07) is -0.922. The molecule has 2 aliphatic rings. The van der Waals surface area contributed by atoms with Crippen LogP contribution in [0.15, 0.2) is 36.5 Å². The molecule has 0 aromatic rings. The fraction of sp³-hybridized carbons (Fsp3) is 0.887. The summed E-state index contributed by atoms with van der Waals surface area (Å²) in [6.45, 7) is 2.78. The van der Waals surface area contributed by atoms with Gasteiger partial charge >= 0.3 is 0 Å². The van der Waals surface area contributed by atoms with Crippen LogP contribution in [0, 0.1) is 0 Å². The minimum atomic E-state index is -1.79. The Labute approximate surface area is 461 Å². The van der Waals surface area contributed by atoms with Gasteiger partial charge in [-0.1, -0.05) is 237 Å². The van der Waals surface area contributed by atoms with Gasteiger partial charge in [-0.15, -0.1) is 0 Å². The van der Waals surface area contributed by atoms with Crippen LogP contribution < -0.4 is 5.32 Å². The standard InChI is InChI=1S/C62H115NO13/c1-3-5-7-9-11-13-15-17-19-20-21-22-23-24-25-26-27-28-29-30-32-33-35-37-39-41-43-45-51(66)50(63-54(67)46-44-42-40-38-36-34-31-18-16-14-12-10-8-6-4-2)49-73-61-59(72)57(70)60(53(48-65)75-61)76-62-58(71)56(69)55(68)52(47-64)74-62/h12,14,18,31,43,45,50-53,55-62,64-66,68-72H,3-11,13,15-17,19-30,32-42,44,46-49H2,1-2H3,(H,63,67)/b14-12-,31-18-,45-43+. The van der Waals surface area contributed by atoms with Crippen molar-refractivity contribution in [3.63, 3.8) is 0 Å². The van der Waals surface area contributed by atoms with E-state index in [-0.39, 0.29) is 18.9 Å². The molecule has 446 valence electrons. The first kappa shape index (κ1) is 70.3. The van der Waals surface area contributed by atoms with Crippen LogP contribution in [0.2, 0.25) is 0 Å². The average molecular weight is 1080 g/mol. The number of unbranched alkanes of at least 4 members (excludes halogenated alkanes) is 33. The molecule has 12 unspecified atom stereocenters. The number of carbonyl (C=O) groups excluding carboxylic acids is 1. The second kappa shape index (κ2) is 48.0. The predicted molar refractivity (Wildman–Crippen MR) is 305 cm³/mol. The molecule has 0 aliphatic carbocycles. The van der Waals surface area contributed by atoms with Crippen molar-refractivity contribution >= 4 is 5.91 Å². The highest BCUT2D eigenvalue weighted by Crippen LogP contribution is 2.30. The maximum absolute atomic E-state index is 13.2. The summed E-state index contributed by atoms with van der Waals surface area (Å²) in [5.41, 5.74) is 0. The summed E-state index contributed by atoms with van der Waals surface area (Å²) >= 11 is 0. The molecule has 0 saturated carbocycles. The minimum Gasteiger partial charge on any atom is -0.394 e. The number of hydrogen-bond donors (Lipinski definition) is 9. The maximum Gasteiger partial charge on any atom is 0.220 e. The first-order valence-electron chi connectivity index (χ1n) is 31.2. The Morgan fingerprint density at radius 2 is 0.868 bits per heavy atom. The van der Waals surface area contributed by atoms with Crippen molar-refractivity contribution in [3.05, 3.63) is 36.5 Å². The first-order valence-corrected chi connectivity index (χ1v) is 31.2. The van der Waals surface area contributed by atoms with E-state index in [4.69, 9.17) is 18.9 Å². The Hall–Kier alpha value is -1.79. The lowest BCUT2D eigenvalue weighted by molar-refractivity contribution is -0.359. The molecule has 0 radical (unpaired) electrons. The van der Waals surface area contributed by atoms with E-state index in [1.54, 1.807) is 6.08 Å². The summed E-state index contributed by atoms with van der Waals surface area (Å²) in [5.74, 6) is -0.252. The molecule has 14 nitrogen and oxygen atoms in total. The molecule has 0 aromatic heterocycles. The zero-order valence-electron chi connectivity index (χ0n) is 48.0. The van der Waals surface area contributed by atoms with Crippen molar-refractivity contribution in [1.29, 1.82) is 0 Å². The van der Waals surface area contributed by atoms with Gasteiger partial charge in [0.05, 0.1) is 32.0 Å². The molecule has 76 heavy (non-hydrogen) atoms. The van der Waals surface area contributed by atoms with Crippen LogP contribution in [-0.2, 0) is 23.7 Å². The van der Waals surface area contributed by atoms with Crippen LogP contribution in [0.4, 0.5) is 0 Å². The number of hydrogen-bond acceptors (Lipinski definition) is 13. The maximum atomic E-state index is 13.2. The van der Waals surface area contributed by atoms with Gasteiger partial charge in [-0.3, -0.25) is 4.79 Å². The van der Waals surface area contributed by atoms with Crippen molar-refractivity contribution in [2.24, 2.45) is 0 Å². The van der Waals surface area contributed by atoms with Gasteiger partial charge in [-0.25, -0.2) is 0 Å². The van der Waals surface area contributed by atoms with E-state index in [0.29, 0.717) is 6.42 Å². The van der Waals surface area contributed by atoms with Crippen molar-refractivity contribution in [3.8, 4) is 0 Å². The monoisotopic (exact) mass is 1080 g/mol. The van der Waals surface area contributed by atoms with Gasteiger partial charge in [0.2, 0.25) is 5.91 Å². The third-order valence-electron chi connectivity index (χ3n) is 15.3. The van der Waals surface area contributed by atoms with Crippen LogP contribution in [0.5, 0.6) is 0 Å². The molecule has 2 aliphatic heterocycles. The summed E-state index contributed by atoms with van der Waals surface area (Å²) in [6.07, 6.45) is 41.9. The summed E-state index contributed by atoms with van der Waals surface area (Å²) < 4.78 is 22.8. The van der Waals surface area contributed by atoms with Gasteiger partial charge in [0.1, 0.15) is 48.8 Å². The molecule has 2 fully saturated rings. The number of aliphatic hydroxyl groups is 8. The lowest BCUT2D eigenvalue weighted by atomic mass is 9.97. The fourth-order valence-electron chi connectivity index (χ4n) is 10.3. The lowest BCUT2D eigenvalue weighted by Crippen LogP contribution is -2.65. The highest BCUT2D eigenvalue weighted by atomic mass is 16.7. The molecule has 0 spiro atoms. The Bertz CT molecular complexity index is 1410. The largest absolute Gasteiger partial charge is 0.394 e. The van der Waals surface area contributed by atoms with E-state index in [1.165, 1.54) is 167 Å². The van der Waals surface area contributed by atoms with E-state index in [9.17, 15) is 45.6 Å². The zero-order chi connectivity index (χ0) is 55.3. The van der Waals surface area contributed by atoms with Gasteiger partial charge in [0.15, 0.2) is 12.6 Å². The second-order valence-corrected chi connectivity index (χ2v) is 22.2. The third kappa shape index (κ3) is 33.1.